The first-order valence-electron chi connectivity index (χ1n) is 4.36. The SMILES string of the molecule is CC(C)C[Si](C)(C)C(C)C. The lowest BCUT2D eigenvalue weighted by atomic mass is 10.3. The van der Waals surface area contributed by atoms with Crippen molar-refractivity contribution in [3.63, 3.8) is 0 Å². The first kappa shape index (κ1) is 10.2. The number of hydrogen-bond acceptors (Lipinski definition) is 0. The fourth-order valence-corrected chi connectivity index (χ4v) is 3.86. The zero-order valence-electron chi connectivity index (χ0n) is 8.36. The van der Waals surface area contributed by atoms with Gasteiger partial charge in [0.2, 0.25) is 0 Å². The summed E-state index contributed by atoms with van der Waals surface area (Å²) in [6, 6.07) is 1.48. The van der Waals surface area contributed by atoms with Crippen LogP contribution in [0.2, 0.25) is 24.7 Å². The molecule has 0 aromatic rings. The molecule has 62 valence electrons. The van der Waals surface area contributed by atoms with E-state index in [4.69, 9.17) is 0 Å². The summed E-state index contributed by atoms with van der Waals surface area (Å²) in [4.78, 5) is 0. The van der Waals surface area contributed by atoms with Gasteiger partial charge < -0.3 is 0 Å². The van der Waals surface area contributed by atoms with Crippen LogP contribution >= 0.6 is 0 Å². The van der Waals surface area contributed by atoms with Crippen LogP contribution in [0.4, 0.5) is 0 Å². The summed E-state index contributed by atoms with van der Waals surface area (Å²) in [6.07, 6.45) is 0. The predicted octanol–water partition coefficient (Wildman–Crippen LogP) is 3.76. The van der Waals surface area contributed by atoms with Crippen LogP contribution in [0.15, 0.2) is 0 Å². The quantitative estimate of drug-likeness (QED) is 0.549. The Labute approximate surface area is 67.0 Å². The minimum atomic E-state index is -0.844. The zero-order chi connectivity index (χ0) is 8.36. The maximum absolute atomic E-state index is 2.50. The van der Waals surface area contributed by atoms with E-state index in [9.17, 15) is 0 Å². The van der Waals surface area contributed by atoms with Crippen molar-refractivity contribution >= 4 is 8.07 Å². The van der Waals surface area contributed by atoms with Gasteiger partial charge in [-0.3, -0.25) is 0 Å². The summed E-state index contributed by atoms with van der Waals surface area (Å²) in [5, 5.41) is 0. The van der Waals surface area contributed by atoms with Gasteiger partial charge in [0.15, 0.2) is 0 Å². The molecule has 0 saturated carbocycles. The van der Waals surface area contributed by atoms with Gasteiger partial charge >= 0.3 is 0 Å². The Kier molecular flexibility index (Phi) is 3.64. The van der Waals surface area contributed by atoms with Crippen molar-refractivity contribution in [2.75, 3.05) is 0 Å². The van der Waals surface area contributed by atoms with Crippen molar-refractivity contribution < 1.29 is 0 Å². The van der Waals surface area contributed by atoms with E-state index in [1.54, 1.807) is 0 Å². The van der Waals surface area contributed by atoms with Crippen LogP contribution in [0.1, 0.15) is 27.7 Å². The predicted molar refractivity (Wildman–Crippen MR) is 52.2 cm³/mol. The summed E-state index contributed by atoms with van der Waals surface area (Å²) in [6.45, 7) is 14.4. The van der Waals surface area contributed by atoms with Gasteiger partial charge in [-0.25, -0.2) is 0 Å². The van der Waals surface area contributed by atoms with Crippen molar-refractivity contribution in [2.24, 2.45) is 5.92 Å². The van der Waals surface area contributed by atoms with E-state index in [1.807, 2.05) is 0 Å². The fraction of sp³-hybridized carbons (Fsp3) is 1.00. The van der Waals surface area contributed by atoms with Crippen LogP contribution in [0.25, 0.3) is 0 Å². The number of hydrogen-bond donors (Lipinski definition) is 0. The monoisotopic (exact) mass is 158 g/mol. The summed E-state index contributed by atoms with van der Waals surface area (Å²) in [5.74, 6) is 0.893. The number of rotatable bonds is 3. The molecule has 0 nitrogen and oxygen atoms in total. The molecule has 1 heteroatoms. The average molecular weight is 158 g/mol. The lowest BCUT2D eigenvalue weighted by Gasteiger charge is -2.28. The van der Waals surface area contributed by atoms with Gasteiger partial charge in [0.25, 0.3) is 0 Å². The third-order valence-corrected chi connectivity index (χ3v) is 7.49. The van der Waals surface area contributed by atoms with E-state index in [0.29, 0.717) is 0 Å². The van der Waals surface area contributed by atoms with Crippen molar-refractivity contribution in [3.8, 4) is 0 Å². The van der Waals surface area contributed by atoms with Gasteiger partial charge in [-0.2, -0.15) is 0 Å². The highest BCUT2D eigenvalue weighted by Gasteiger charge is 2.25. The summed E-state index contributed by atoms with van der Waals surface area (Å²) < 4.78 is 0. The largest absolute Gasteiger partial charge is 0.0692 e. The Bertz CT molecular complexity index is 92.9. The van der Waals surface area contributed by atoms with E-state index in [-0.39, 0.29) is 0 Å². The van der Waals surface area contributed by atoms with Gasteiger partial charge in [0, 0.05) is 0 Å². The van der Waals surface area contributed by atoms with E-state index in [2.05, 4.69) is 40.8 Å². The molecule has 0 aromatic carbocycles. The van der Waals surface area contributed by atoms with Gasteiger partial charge in [0.1, 0.15) is 0 Å². The fourth-order valence-electron chi connectivity index (χ4n) is 1.29. The van der Waals surface area contributed by atoms with Gasteiger partial charge in [0.05, 0.1) is 8.07 Å². The van der Waals surface area contributed by atoms with Gasteiger partial charge in [-0.05, 0) is 5.92 Å². The first-order valence-corrected chi connectivity index (χ1v) is 7.64. The summed E-state index contributed by atoms with van der Waals surface area (Å²) in [7, 11) is -0.844. The molecule has 0 amide bonds. The zero-order valence-corrected chi connectivity index (χ0v) is 9.36. The minimum absolute atomic E-state index is 0.844. The molecule has 0 aliphatic heterocycles. The Morgan fingerprint density at radius 3 is 1.50 bits per heavy atom. The van der Waals surface area contributed by atoms with E-state index in [0.717, 1.165) is 11.5 Å². The summed E-state index contributed by atoms with van der Waals surface area (Å²) >= 11 is 0. The second kappa shape index (κ2) is 3.56. The topological polar surface area (TPSA) is 0 Å². The third-order valence-electron chi connectivity index (χ3n) is 2.50. The minimum Gasteiger partial charge on any atom is -0.0692 e. The smallest absolute Gasteiger partial charge is 0.0501 e. The molecule has 0 fully saturated rings. The van der Waals surface area contributed by atoms with Crippen LogP contribution < -0.4 is 0 Å². The molecule has 0 saturated heterocycles. The van der Waals surface area contributed by atoms with Crippen molar-refractivity contribution in [1.82, 2.24) is 0 Å². The average Bonchev–Trinajstić information content (AvgIpc) is 1.60. The Balaban J connectivity index is 3.87. The molecule has 0 unspecified atom stereocenters. The van der Waals surface area contributed by atoms with Gasteiger partial charge in [-0.15, -0.1) is 0 Å². The molecular formula is C9H22Si. The molecule has 0 heterocycles. The molecule has 0 rings (SSSR count). The molecule has 0 atom stereocenters. The maximum atomic E-state index is 2.50. The molecule has 10 heavy (non-hydrogen) atoms. The molecule has 0 aliphatic rings. The normalized spacial score (nSPS) is 13.2. The van der Waals surface area contributed by atoms with Crippen LogP contribution in [-0.2, 0) is 0 Å². The lowest BCUT2D eigenvalue weighted by molar-refractivity contribution is 0.709. The van der Waals surface area contributed by atoms with Crippen molar-refractivity contribution in [1.29, 1.82) is 0 Å². The Morgan fingerprint density at radius 2 is 1.40 bits per heavy atom. The summed E-state index contributed by atoms with van der Waals surface area (Å²) in [5.41, 5.74) is 0.940. The van der Waals surface area contributed by atoms with Crippen molar-refractivity contribution in [2.45, 2.75) is 52.4 Å². The second-order valence-corrected chi connectivity index (χ2v) is 10.3. The first-order chi connectivity index (χ1) is 4.36. The third kappa shape index (κ3) is 3.40. The molecule has 0 aliphatic carbocycles. The van der Waals surface area contributed by atoms with Crippen molar-refractivity contribution in [3.05, 3.63) is 0 Å². The molecule has 0 aromatic heterocycles. The van der Waals surface area contributed by atoms with E-state index < -0.39 is 8.07 Å². The van der Waals surface area contributed by atoms with E-state index in [1.165, 1.54) is 6.04 Å². The standard InChI is InChI=1S/C9H22Si/c1-8(2)7-10(5,6)9(3)4/h8-9H,7H2,1-6H3. The highest BCUT2D eigenvalue weighted by atomic mass is 28.3. The maximum Gasteiger partial charge on any atom is 0.0501 e. The second-order valence-electron chi connectivity index (χ2n) is 4.74. The molecular weight excluding hydrogens is 136 g/mol. The van der Waals surface area contributed by atoms with Gasteiger partial charge in [-0.1, -0.05) is 52.4 Å². The van der Waals surface area contributed by atoms with Crippen LogP contribution in [0, 0.1) is 5.92 Å². The highest BCUT2D eigenvalue weighted by Crippen LogP contribution is 2.27. The van der Waals surface area contributed by atoms with Crippen LogP contribution in [-0.4, -0.2) is 8.07 Å². The molecule has 0 N–H and O–H groups in total. The Morgan fingerprint density at radius 1 is 1.00 bits per heavy atom. The lowest BCUT2D eigenvalue weighted by Crippen LogP contribution is -2.30. The molecule has 0 radical (unpaired) electrons. The van der Waals surface area contributed by atoms with E-state index >= 15 is 0 Å². The Hall–Kier alpha value is 0.217. The molecule has 0 bridgehead atoms. The molecule has 0 spiro atoms. The highest BCUT2D eigenvalue weighted by molar-refractivity contribution is 6.78. The van der Waals surface area contributed by atoms with Crippen LogP contribution in [0.5, 0.6) is 0 Å². The van der Waals surface area contributed by atoms with Crippen LogP contribution in [0.3, 0.4) is 0 Å².